The number of aromatic amines is 1. The van der Waals surface area contributed by atoms with Gasteiger partial charge < -0.3 is 14.4 Å². The summed E-state index contributed by atoms with van der Waals surface area (Å²) >= 11 is 0. The summed E-state index contributed by atoms with van der Waals surface area (Å²) in [6.45, 7) is 1.24. The number of nitrogens with zero attached hydrogens (tertiary/aromatic N) is 6. The SMILES string of the molecule is O=C(c1ccc2[nH]ccc2c1)N1CCC(n2cc(-c3nc(-c4ccccc4)no3)nn2)C1. The molecule has 1 amide bonds. The minimum atomic E-state index is 0.0281. The van der Waals surface area contributed by atoms with E-state index in [4.69, 9.17) is 4.52 Å². The van der Waals surface area contributed by atoms with Gasteiger partial charge in [-0.05, 0) is 30.7 Å². The highest BCUT2D eigenvalue weighted by Gasteiger charge is 2.29. The third-order valence-corrected chi connectivity index (χ3v) is 5.81. The summed E-state index contributed by atoms with van der Waals surface area (Å²) in [5.41, 5.74) is 3.10. The average Bonchev–Trinajstić information content (AvgIpc) is 3.63. The largest absolute Gasteiger partial charge is 0.361 e. The van der Waals surface area contributed by atoms with Crippen LogP contribution in [0.5, 0.6) is 0 Å². The van der Waals surface area contributed by atoms with Crippen LogP contribution >= 0.6 is 0 Å². The molecule has 1 aliphatic rings. The third-order valence-electron chi connectivity index (χ3n) is 5.81. The van der Waals surface area contributed by atoms with Crippen molar-refractivity contribution in [2.45, 2.75) is 12.5 Å². The molecule has 1 N–H and O–H groups in total. The molecule has 0 radical (unpaired) electrons. The number of fused-ring (bicyclic) bond motifs is 1. The monoisotopic (exact) mass is 425 g/mol. The zero-order valence-electron chi connectivity index (χ0n) is 17.0. The lowest BCUT2D eigenvalue weighted by atomic mass is 10.1. The van der Waals surface area contributed by atoms with Gasteiger partial charge in [-0.25, -0.2) is 4.68 Å². The zero-order valence-corrected chi connectivity index (χ0v) is 17.0. The number of hydrogen-bond donors (Lipinski definition) is 1. The standard InChI is InChI=1S/C23H19N7O2/c31-23(17-6-7-19-16(12-17)8-10-24-19)29-11-9-18(13-29)30-14-20(26-28-30)22-25-21(27-32-22)15-4-2-1-3-5-15/h1-8,10,12,14,18,24H,9,11,13H2. The molecule has 6 rings (SSSR count). The second-order valence-corrected chi connectivity index (χ2v) is 7.85. The first-order valence-electron chi connectivity index (χ1n) is 10.4. The number of carbonyl (C=O) groups is 1. The Hall–Kier alpha value is -4.27. The van der Waals surface area contributed by atoms with Crippen molar-refractivity contribution in [1.29, 1.82) is 0 Å². The van der Waals surface area contributed by atoms with Crippen molar-refractivity contribution >= 4 is 16.8 Å². The van der Waals surface area contributed by atoms with Crippen molar-refractivity contribution < 1.29 is 9.32 Å². The summed E-state index contributed by atoms with van der Waals surface area (Å²) in [4.78, 5) is 22.4. The van der Waals surface area contributed by atoms with E-state index in [2.05, 4.69) is 25.4 Å². The first-order valence-corrected chi connectivity index (χ1v) is 10.4. The zero-order chi connectivity index (χ0) is 21.5. The van der Waals surface area contributed by atoms with Crippen LogP contribution < -0.4 is 0 Å². The van der Waals surface area contributed by atoms with Crippen LogP contribution in [-0.2, 0) is 0 Å². The molecule has 1 fully saturated rings. The van der Waals surface area contributed by atoms with Crippen molar-refractivity contribution in [2.24, 2.45) is 0 Å². The van der Waals surface area contributed by atoms with Crippen molar-refractivity contribution in [3.8, 4) is 23.0 Å². The van der Waals surface area contributed by atoms with Crippen LogP contribution in [0.4, 0.5) is 0 Å². The third kappa shape index (κ3) is 3.24. The first-order chi connectivity index (χ1) is 15.7. The highest BCUT2D eigenvalue weighted by Crippen LogP contribution is 2.26. The maximum atomic E-state index is 13.0. The van der Waals surface area contributed by atoms with Gasteiger partial charge in [-0.1, -0.05) is 40.7 Å². The van der Waals surface area contributed by atoms with Crippen molar-refractivity contribution in [2.75, 3.05) is 13.1 Å². The number of nitrogens with one attached hydrogen (secondary N) is 1. The maximum absolute atomic E-state index is 13.0. The summed E-state index contributed by atoms with van der Waals surface area (Å²) in [5, 5.41) is 13.5. The second-order valence-electron chi connectivity index (χ2n) is 7.85. The number of rotatable bonds is 4. The molecular weight excluding hydrogens is 406 g/mol. The van der Waals surface area contributed by atoms with Gasteiger partial charge in [0.05, 0.1) is 12.2 Å². The number of carbonyl (C=O) groups excluding carboxylic acids is 1. The minimum Gasteiger partial charge on any atom is -0.361 e. The molecule has 2 aromatic carbocycles. The van der Waals surface area contributed by atoms with Gasteiger partial charge in [-0.15, -0.1) is 5.10 Å². The van der Waals surface area contributed by atoms with E-state index in [1.807, 2.05) is 65.7 Å². The van der Waals surface area contributed by atoms with E-state index in [-0.39, 0.29) is 11.9 Å². The van der Waals surface area contributed by atoms with Crippen LogP contribution in [0, 0.1) is 0 Å². The van der Waals surface area contributed by atoms with Crippen molar-refractivity contribution in [1.82, 2.24) is 35.0 Å². The predicted octanol–water partition coefficient (Wildman–Crippen LogP) is 3.56. The van der Waals surface area contributed by atoms with Crippen LogP contribution in [0.15, 0.2) is 71.5 Å². The molecule has 1 saturated heterocycles. The van der Waals surface area contributed by atoms with E-state index in [9.17, 15) is 4.79 Å². The summed E-state index contributed by atoms with van der Waals surface area (Å²) in [5.74, 6) is 0.855. The van der Waals surface area contributed by atoms with Crippen LogP contribution in [0.1, 0.15) is 22.8 Å². The van der Waals surface area contributed by atoms with Gasteiger partial charge >= 0.3 is 0 Å². The second kappa shape index (κ2) is 7.45. The van der Waals surface area contributed by atoms with Crippen LogP contribution in [0.2, 0.25) is 0 Å². The Kier molecular flexibility index (Phi) is 4.31. The van der Waals surface area contributed by atoms with E-state index in [0.717, 1.165) is 22.9 Å². The van der Waals surface area contributed by atoms with Crippen LogP contribution in [0.3, 0.4) is 0 Å². The van der Waals surface area contributed by atoms with Gasteiger partial charge in [-0.3, -0.25) is 4.79 Å². The van der Waals surface area contributed by atoms with Crippen molar-refractivity contribution in [3.63, 3.8) is 0 Å². The lowest BCUT2D eigenvalue weighted by molar-refractivity contribution is 0.0787. The molecule has 5 aromatic rings. The molecule has 0 bridgehead atoms. The number of aromatic nitrogens is 6. The average molecular weight is 425 g/mol. The van der Waals surface area contributed by atoms with Gasteiger partial charge in [0.15, 0.2) is 5.69 Å². The number of amides is 1. The summed E-state index contributed by atoms with van der Waals surface area (Å²) in [6, 6.07) is 17.4. The van der Waals surface area contributed by atoms with E-state index in [0.29, 0.717) is 36.1 Å². The Labute approximate surface area is 182 Å². The fourth-order valence-corrected chi connectivity index (χ4v) is 4.10. The van der Waals surface area contributed by atoms with Crippen LogP contribution in [-0.4, -0.2) is 54.0 Å². The normalized spacial score (nSPS) is 16.1. The molecule has 0 spiro atoms. The molecule has 9 heteroatoms. The molecule has 3 aromatic heterocycles. The number of likely N-dealkylation sites (tertiary alicyclic amines) is 1. The highest BCUT2D eigenvalue weighted by molar-refractivity contribution is 5.98. The topological polar surface area (TPSA) is 106 Å². The Morgan fingerprint density at radius 3 is 2.94 bits per heavy atom. The minimum absolute atomic E-state index is 0.0281. The van der Waals surface area contributed by atoms with Gasteiger partial charge in [0.2, 0.25) is 5.82 Å². The lowest BCUT2D eigenvalue weighted by Crippen LogP contribution is -2.29. The van der Waals surface area contributed by atoms with Crippen LogP contribution in [0.25, 0.3) is 33.9 Å². The van der Waals surface area contributed by atoms with E-state index in [1.54, 1.807) is 10.9 Å². The molecule has 1 atom stereocenters. The van der Waals surface area contributed by atoms with Gasteiger partial charge in [0, 0.05) is 41.3 Å². The van der Waals surface area contributed by atoms with Gasteiger partial charge in [0.1, 0.15) is 0 Å². The first kappa shape index (κ1) is 18.5. The fraction of sp³-hybridized carbons (Fsp3) is 0.174. The molecule has 9 nitrogen and oxygen atoms in total. The Bertz CT molecular complexity index is 1400. The summed E-state index contributed by atoms with van der Waals surface area (Å²) in [7, 11) is 0. The predicted molar refractivity (Wildman–Crippen MR) is 117 cm³/mol. The highest BCUT2D eigenvalue weighted by atomic mass is 16.5. The molecule has 0 saturated carbocycles. The smallest absolute Gasteiger partial charge is 0.280 e. The molecule has 32 heavy (non-hydrogen) atoms. The number of hydrogen-bond acceptors (Lipinski definition) is 6. The number of benzene rings is 2. The fourth-order valence-electron chi connectivity index (χ4n) is 4.10. The lowest BCUT2D eigenvalue weighted by Gasteiger charge is -2.16. The molecule has 0 aliphatic carbocycles. The summed E-state index contributed by atoms with van der Waals surface area (Å²) < 4.78 is 7.16. The maximum Gasteiger partial charge on any atom is 0.280 e. The summed E-state index contributed by atoms with van der Waals surface area (Å²) in [6.07, 6.45) is 4.48. The Morgan fingerprint density at radius 1 is 1.12 bits per heavy atom. The van der Waals surface area contributed by atoms with Gasteiger partial charge in [-0.2, -0.15) is 4.98 Å². The number of H-pyrrole nitrogens is 1. The Morgan fingerprint density at radius 2 is 2.03 bits per heavy atom. The van der Waals surface area contributed by atoms with E-state index in [1.165, 1.54) is 0 Å². The van der Waals surface area contributed by atoms with E-state index >= 15 is 0 Å². The molecule has 1 unspecified atom stereocenters. The van der Waals surface area contributed by atoms with E-state index < -0.39 is 0 Å². The van der Waals surface area contributed by atoms with Crippen molar-refractivity contribution in [3.05, 3.63) is 72.6 Å². The molecule has 1 aliphatic heterocycles. The van der Waals surface area contributed by atoms with Gasteiger partial charge in [0.25, 0.3) is 11.8 Å². The molecule has 158 valence electrons. The Balaban J connectivity index is 1.17. The molecular formula is C23H19N7O2. The molecule has 4 heterocycles. The quantitative estimate of drug-likeness (QED) is 0.472.